The molecule has 0 bridgehead atoms. The first kappa shape index (κ1) is 10.7. The largest absolute Gasteiger partial charge is 0.300 e. The van der Waals surface area contributed by atoms with Gasteiger partial charge in [-0.05, 0) is 12.1 Å². The van der Waals surface area contributed by atoms with Crippen molar-refractivity contribution in [2.45, 2.75) is 0 Å². The molecule has 0 unspecified atom stereocenters. The van der Waals surface area contributed by atoms with Crippen LogP contribution in [0.3, 0.4) is 0 Å². The van der Waals surface area contributed by atoms with Crippen molar-refractivity contribution in [1.82, 2.24) is 5.09 Å². The van der Waals surface area contributed by atoms with Gasteiger partial charge >= 0.3 is 7.59 Å². The number of rotatable bonds is 2. The van der Waals surface area contributed by atoms with Crippen LogP contribution in [0.4, 0.5) is 0 Å². The van der Waals surface area contributed by atoms with E-state index in [2.05, 4.69) is 0 Å². The van der Waals surface area contributed by atoms with E-state index in [4.69, 9.17) is 22.6 Å². The summed E-state index contributed by atoms with van der Waals surface area (Å²) in [5.41, 5.74) is 9.91. The Balaban J connectivity index is 2.75. The van der Waals surface area contributed by atoms with Crippen LogP contribution in [0, 0.1) is 0 Å². The molecule has 1 aromatic rings. The molecule has 0 atom stereocenters. The van der Waals surface area contributed by atoms with Crippen molar-refractivity contribution >= 4 is 36.4 Å². The molecule has 1 rings (SSSR count). The first-order chi connectivity index (χ1) is 5.88. The highest BCUT2D eigenvalue weighted by Gasteiger charge is 2.15. The van der Waals surface area contributed by atoms with Gasteiger partial charge in [-0.15, -0.1) is 11.3 Å². The molecule has 0 fully saturated rings. The maximum Gasteiger partial charge on any atom is 0.300 e. The number of carbonyl (C=O) groups excluding carboxylic acids is 1. The zero-order valence-electron chi connectivity index (χ0n) is 6.36. The molecule has 0 spiro atoms. The van der Waals surface area contributed by atoms with Gasteiger partial charge in [0.05, 0.1) is 9.21 Å². The lowest BCUT2D eigenvalue weighted by atomic mass is 10.5. The SMILES string of the molecule is NP(N)(=O)NC(=O)c1ccc(Cl)s1. The van der Waals surface area contributed by atoms with Crippen molar-refractivity contribution in [2.24, 2.45) is 11.0 Å². The lowest BCUT2D eigenvalue weighted by Gasteiger charge is -2.06. The van der Waals surface area contributed by atoms with Crippen LogP contribution >= 0.6 is 30.5 Å². The van der Waals surface area contributed by atoms with Crippen molar-refractivity contribution in [1.29, 1.82) is 0 Å². The first-order valence-electron chi connectivity index (χ1n) is 3.13. The smallest absolute Gasteiger partial charge is 0.279 e. The second-order valence-electron chi connectivity index (χ2n) is 2.25. The van der Waals surface area contributed by atoms with Gasteiger partial charge in [0.1, 0.15) is 0 Å². The molecule has 1 heterocycles. The number of amides is 1. The highest BCUT2D eigenvalue weighted by atomic mass is 35.5. The van der Waals surface area contributed by atoms with E-state index in [1.807, 2.05) is 5.09 Å². The average Bonchev–Trinajstić information content (AvgIpc) is 2.31. The zero-order chi connectivity index (χ0) is 10.1. The Bertz CT molecular complexity index is 374. The molecule has 0 aliphatic carbocycles. The van der Waals surface area contributed by atoms with Gasteiger partial charge in [0.25, 0.3) is 5.91 Å². The topological polar surface area (TPSA) is 98.2 Å². The molecule has 5 N–H and O–H groups in total. The number of thiophene rings is 1. The normalized spacial score (nSPS) is 11.3. The summed E-state index contributed by atoms with van der Waals surface area (Å²) in [4.78, 5) is 11.5. The van der Waals surface area contributed by atoms with E-state index in [-0.39, 0.29) is 0 Å². The van der Waals surface area contributed by atoms with Gasteiger partial charge in [-0.1, -0.05) is 11.6 Å². The summed E-state index contributed by atoms with van der Waals surface area (Å²) in [6.45, 7) is 0. The van der Waals surface area contributed by atoms with Crippen molar-refractivity contribution in [3.63, 3.8) is 0 Å². The number of carbonyl (C=O) groups is 1. The molecule has 1 aromatic heterocycles. The maximum absolute atomic E-state index is 11.2. The summed E-state index contributed by atoms with van der Waals surface area (Å²) in [6.07, 6.45) is 0. The van der Waals surface area contributed by atoms with E-state index in [0.717, 1.165) is 11.3 Å². The summed E-state index contributed by atoms with van der Waals surface area (Å²) in [6, 6.07) is 3.05. The van der Waals surface area contributed by atoms with Crippen LogP contribution < -0.4 is 16.1 Å². The lowest BCUT2D eigenvalue weighted by molar-refractivity contribution is 0.0984. The molecule has 5 nitrogen and oxygen atoms in total. The molecule has 1 amide bonds. The number of halogens is 1. The molecule has 13 heavy (non-hydrogen) atoms. The molecule has 8 heteroatoms. The van der Waals surface area contributed by atoms with E-state index >= 15 is 0 Å². The quantitative estimate of drug-likeness (QED) is 0.675. The van der Waals surface area contributed by atoms with Crippen LogP contribution in [-0.2, 0) is 4.57 Å². The predicted octanol–water partition coefficient (Wildman–Crippen LogP) is 1.16. The van der Waals surface area contributed by atoms with E-state index in [9.17, 15) is 9.36 Å². The fraction of sp³-hybridized carbons (Fsp3) is 0. The first-order valence-corrected chi connectivity index (χ1v) is 6.17. The minimum absolute atomic E-state index is 0.320. The van der Waals surface area contributed by atoms with Gasteiger partial charge in [-0.2, -0.15) is 0 Å². The monoisotopic (exact) mass is 239 g/mol. The fourth-order valence-corrected chi connectivity index (χ4v) is 2.10. The van der Waals surface area contributed by atoms with Gasteiger partial charge in [-0.25, -0.2) is 0 Å². The van der Waals surface area contributed by atoms with Crippen molar-refractivity contribution in [3.05, 3.63) is 21.3 Å². The maximum atomic E-state index is 11.2. The van der Waals surface area contributed by atoms with Gasteiger partial charge in [0.2, 0.25) is 0 Å². The Morgan fingerprint density at radius 1 is 1.54 bits per heavy atom. The molecule has 0 aliphatic rings. The van der Waals surface area contributed by atoms with Crippen LogP contribution in [0.2, 0.25) is 4.34 Å². The van der Waals surface area contributed by atoms with E-state index < -0.39 is 13.5 Å². The molecule has 72 valence electrons. The molecule has 0 radical (unpaired) electrons. The zero-order valence-corrected chi connectivity index (χ0v) is 8.83. The Kier molecular flexibility index (Phi) is 3.10. The molecule has 0 saturated carbocycles. The van der Waals surface area contributed by atoms with Gasteiger partial charge in [0, 0.05) is 0 Å². The number of hydrogen-bond donors (Lipinski definition) is 3. The Labute approximate surface area is 83.6 Å². The molecular weight excluding hydrogens is 233 g/mol. The average molecular weight is 240 g/mol. The van der Waals surface area contributed by atoms with Crippen LogP contribution in [0.1, 0.15) is 9.67 Å². The second kappa shape index (κ2) is 3.77. The third-order valence-corrected chi connectivity index (χ3v) is 2.86. The van der Waals surface area contributed by atoms with E-state index in [0.29, 0.717) is 9.21 Å². The van der Waals surface area contributed by atoms with Crippen LogP contribution in [0.25, 0.3) is 0 Å². The Morgan fingerprint density at radius 2 is 2.15 bits per heavy atom. The number of nitrogens with one attached hydrogen (secondary N) is 1. The Hall–Kier alpha value is -0.390. The van der Waals surface area contributed by atoms with Crippen molar-refractivity contribution in [2.75, 3.05) is 0 Å². The minimum Gasteiger partial charge on any atom is -0.279 e. The predicted molar refractivity (Wildman–Crippen MR) is 52.8 cm³/mol. The van der Waals surface area contributed by atoms with Crippen LogP contribution in [0.15, 0.2) is 12.1 Å². The number of hydrogen-bond acceptors (Lipinski definition) is 3. The van der Waals surface area contributed by atoms with Crippen LogP contribution in [0.5, 0.6) is 0 Å². The third-order valence-electron chi connectivity index (χ3n) is 1.07. The van der Waals surface area contributed by atoms with Crippen molar-refractivity contribution < 1.29 is 9.36 Å². The highest BCUT2D eigenvalue weighted by molar-refractivity contribution is 7.57. The molecule has 0 aromatic carbocycles. The molecular formula is C5H7ClN3O2PS. The van der Waals surface area contributed by atoms with Gasteiger partial charge in [0.15, 0.2) is 0 Å². The standard InChI is InChI=1S/C5H7ClN3O2PS/c6-4-2-1-3(13-4)5(10)9-12(7,8)11/h1-2H,(H5,7,8,9,10,11). The molecule has 0 saturated heterocycles. The number of nitrogens with two attached hydrogens (primary N) is 2. The third kappa shape index (κ3) is 3.46. The summed E-state index contributed by atoms with van der Waals surface area (Å²) in [7, 11) is -3.51. The summed E-state index contributed by atoms with van der Waals surface area (Å²) in [5.74, 6) is -0.578. The van der Waals surface area contributed by atoms with E-state index in [1.165, 1.54) is 6.07 Å². The summed E-state index contributed by atoms with van der Waals surface area (Å²) in [5, 5.41) is 1.97. The summed E-state index contributed by atoms with van der Waals surface area (Å²) >= 11 is 6.64. The Morgan fingerprint density at radius 3 is 2.54 bits per heavy atom. The van der Waals surface area contributed by atoms with Gasteiger partial charge in [-0.3, -0.25) is 25.5 Å². The lowest BCUT2D eigenvalue weighted by Crippen LogP contribution is -2.27. The highest BCUT2D eigenvalue weighted by Crippen LogP contribution is 2.24. The fourth-order valence-electron chi connectivity index (χ4n) is 0.650. The van der Waals surface area contributed by atoms with E-state index in [1.54, 1.807) is 6.07 Å². The second-order valence-corrected chi connectivity index (χ2v) is 5.61. The van der Waals surface area contributed by atoms with Crippen molar-refractivity contribution in [3.8, 4) is 0 Å². The summed E-state index contributed by atoms with van der Waals surface area (Å²) < 4.78 is 11.3. The molecule has 0 aliphatic heterocycles. The minimum atomic E-state index is -3.51. The van der Waals surface area contributed by atoms with Gasteiger partial charge < -0.3 is 0 Å². The van der Waals surface area contributed by atoms with Crippen LogP contribution in [-0.4, -0.2) is 5.91 Å².